The van der Waals surface area contributed by atoms with Crippen LogP contribution in [0.15, 0.2) is 60.8 Å². The average Bonchev–Trinajstić information content (AvgIpc) is 2.74. The molecule has 1 aliphatic heterocycles. The molecule has 0 bridgehead atoms. The molecule has 1 amide bonds. The number of amides is 1. The Balaban J connectivity index is 1.43. The van der Waals surface area contributed by atoms with Crippen molar-refractivity contribution in [2.45, 2.75) is 0 Å². The molecule has 1 saturated heterocycles. The number of anilines is 1. The van der Waals surface area contributed by atoms with Crippen LogP contribution in [0.1, 0.15) is 5.56 Å². The van der Waals surface area contributed by atoms with Crippen LogP contribution >= 0.6 is 0 Å². The summed E-state index contributed by atoms with van der Waals surface area (Å²) in [6.07, 6.45) is 4.83. The second-order valence-electron chi connectivity index (χ2n) is 6.43. The van der Waals surface area contributed by atoms with E-state index < -0.39 is 10.0 Å². The van der Waals surface area contributed by atoms with Crippen molar-refractivity contribution in [1.29, 1.82) is 0 Å². The van der Waals surface area contributed by atoms with Gasteiger partial charge >= 0.3 is 0 Å². The van der Waals surface area contributed by atoms with Crippen molar-refractivity contribution < 1.29 is 13.2 Å². The van der Waals surface area contributed by atoms with E-state index in [-0.39, 0.29) is 18.2 Å². The summed E-state index contributed by atoms with van der Waals surface area (Å²) in [5, 5.41) is 2.63. The fourth-order valence-corrected chi connectivity index (χ4v) is 4.30. The molecule has 2 heterocycles. The Bertz CT molecular complexity index is 894. The largest absolute Gasteiger partial charge is 0.354 e. The Labute approximate surface area is 165 Å². The number of aromatic nitrogens is 1. The summed E-state index contributed by atoms with van der Waals surface area (Å²) in [6.45, 7) is 2.12. The lowest BCUT2D eigenvalue weighted by Gasteiger charge is -2.34. The molecule has 28 heavy (non-hydrogen) atoms. The predicted octanol–water partition coefficient (Wildman–Crippen LogP) is 1.36. The van der Waals surface area contributed by atoms with Crippen LogP contribution in [-0.4, -0.2) is 62.1 Å². The second kappa shape index (κ2) is 9.48. The van der Waals surface area contributed by atoms with Gasteiger partial charge in [-0.25, -0.2) is 13.4 Å². The van der Waals surface area contributed by atoms with E-state index in [9.17, 15) is 13.2 Å². The third-order valence-electron chi connectivity index (χ3n) is 4.49. The molecule has 1 aromatic heterocycles. The lowest BCUT2D eigenvalue weighted by atomic mass is 10.2. The summed E-state index contributed by atoms with van der Waals surface area (Å²) in [5.41, 5.74) is 0.913. The van der Waals surface area contributed by atoms with Crippen molar-refractivity contribution in [3.05, 3.63) is 66.4 Å². The molecule has 0 saturated carbocycles. The van der Waals surface area contributed by atoms with E-state index in [0.29, 0.717) is 26.2 Å². The number of hydrogen-bond acceptors (Lipinski definition) is 5. The molecule has 1 aliphatic rings. The summed E-state index contributed by atoms with van der Waals surface area (Å²) in [4.78, 5) is 18.2. The topological polar surface area (TPSA) is 82.6 Å². The van der Waals surface area contributed by atoms with Gasteiger partial charge in [0.05, 0.1) is 5.75 Å². The molecule has 0 spiro atoms. The maximum Gasteiger partial charge on any atom is 0.244 e. The molecule has 148 valence electrons. The van der Waals surface area contributed by atoms with Gasteiger partial charge in [-0.1, -0.05) is 36.4 Å². The van der Waals surface area contributed by atoms with Crippen molar-refractivity contribution in [2.75, 3.05) is 43.4 Å². The minimum absolute atomic E-state index is 0.0841. The monoisotopic (exact) mass is 400 g/mol. The minimum atomic E-state index is -3.40. The van der Waals surface area contributed by atoms with E-state index in [1.807, 2.05) is 48.5 Å². The molecule has 7 nitrogen and oxygen atoms in total. The van der Waals surface area contributed by atoms with Crippen molar-refractivity contribution >= 4 is 27.8 Å². The predicted molar refractivity (Wildman–Crippen MR) is 110 cm³/mol. The van der Waals surface area contributed by atoms with Gasteiger partial charge in [-0.05, 0) is 23.8 Å². The van der Waals surface area contributed by atoms with Crippen molar-refractivity contribution in [3.8, 4) is 0 Å². The highest BCUT2D eigenvalue weighted by molar-refractivity contribution is 7.89. The fraction of sp³-hybridized carbons (Fsp3) is 0.300. The molecular formula is C20H24N4O3S. The Morgan fingerprint density at radius 3 is 2.43 bits per heavy atom. The minimum Gasteiger partial charge on any atom is -0.354 e. The van der Waals surface area contributed by atoms with Crippen LogP contribution < -0.4 is 10.2 Å². The van der Waals surface area contributed by atoms with Gasteiger partial charge in [-0.15, -0.1) is 0 Å². The van der Waals surface area contributed by atoms with Crippen molar-refractivity contribution in [2.24, 2.45) is 0 Å². The number of benzene rings is 1. The highest BCUT2D eigenvalue weighted by atomic mass is 32.2. The zero-order valence-corrected chi connectivity index (χ0v) is 16.4. The molecule has 1 fully saturated rings. The maximum absolute atomic E-state index is 12.5. The molecular weight excluding hydrogens is 376 g/mol. The standard InChI is InChI=1S/C20H24N4O3S/c25-20(10-9-18-6-2-1-3-7-18)22-12-17-28(26,27)24-15-13-23(14-16-24)19-8-4-5-11-21-19/h1-11H,12-17H2,(H,22,25)/b10-9+. The second-order valence-corrected chi connectivity index (χ2v) is 8.51. The summed E-state index contributed by atoms with van der Waals surface area (Å²) >= 11 is 0. The Hall–Kier alpha value is -2.71. The number of sulfonamides is 1. The number of hydrogen-bond donors (Lipinski definition) is 1. The molecule has 0 radical (unpaired) electrons. The first-order valence-corrected chi connectivity index (χ1v) is 10.8. The smallest absolute Gasteiger partial charge is 0.244 e. The van der Waals surface area contributed by atoms with E-state index in [1.54, 1.807) is 12.3 Å². The number of piperazine rings is 1. The first kappa shape index (κ1) is 20.0. The van der Waals surface area contributed by atoms with E-state index in [4.69, 9.17) is 0 Å². The highest BCUT2D eigenvalue weighted by Crippen LogP contribution is 2.14. The van der Waals surface area contributed by atoms with E-state index >= 15 is 0 Å². The summed E-state index contributed by atoms with van der Waals surface area (Å²) in [6, 6.07) is 15.1. The van der Waals surface area contributed by atoms with Gasteiger partial charge in [-0.3, -0.25) is 4.79 Å². The van der Waals surface area contributed by atoms with Crippen LogP contribution in [0.2, 0.25) is 0 Å². The number of nitrogens with one attached hydrogen (secondary N) is 1. The van der Waals surface area contributed by atoms with Crippen molar-refractivity contribution in [3.63, 3.8) is 0 Å². The number of carbonyl (C=O) groups is 1. The summed E-state index contributed by atoms with van der Waals surface area (Å²) in [5.74, 6) is 0.442. The van der Waals surface area contributed by atoms with Crippen LogP contribution in [0.25, 0.3) is 6.08 Å². The number of nitrogens with zero attached hydrogens (tertiary/aromatic N) is 3. The third-order valence-corrected chi connectivity index (χ3v) is 6.36. The molecule has 0 aliphatic carbocycles. The van der Waals surface area contributed by atoms with Crippen LogP contribution in [0, 0.1) is 0 Å². The Kier molecular flexibility index (Phi) is 6.78. The lowest BCUT2D eigenvalue weighted by Crippen LogP contribution is -2.50. The Morgan fingerprint density at radius 1 is 1.04 bits per heavy atom. The third kappa shape index (κ3) is 5.64. The number of carbonyl (C=O) groups excluding carboxylic acids is 1. The zero-order valence-electron chi connectivity index (χ0n) is 15.6. The van der Waals surface area contributed by atoms with Gasteiger partial charge in [0, 0.05) is 45.0 Å². The first-order chi connectivity index (χ1) is 13.5. The van der Waals surface area contributed by atoms with Crippen LogP contribution in [0.5, 0.6) is 0 Å². The van der Waals surface area contributed by atoms with Crippen LogP contribution in [-0.2, 0) is 14.8 Å². The number of pyridine rings is 1. The van der Waals surface area contributed by atoms with E-state index in [1.165, 1.54) is 10.4 Å². The Morgan fingerprint density at radius 2 is 1.75 bits per heavy atom. The molecule has 0 unspecified atom stereocenters. The molecule has 1 aromatic carbocycles. The maximum atomic E-state index is 12.5. The van der Waals surface area contributed by atoms with Crippen LogP contribution in [0.3, 0.4) is 0 Å². The zero-order chi connectivity index (χ0) is 19.8. The molecule has 0 atom stereocenters. The van der Waals surface area contributed by atoms with E-state index in [2.05, 4.69) is 15.2 Å². The SMILES string of the molecule is O=C(/C=C/c1ccccc1)NCCS(=O)(=O)N1CCN(c2ccccn2)CC1. The van der Waals surface area contributed by atoms with Gasteiger partial charge < -0.3 is 10.2 Å². The van der Waals surface area contributed by atoms with Gasteiger partial charge in [0.15, 0.2) is 0 Å². The van der Waals surface area contributed by atoms with E-state index in [0.717, 1.165) is 11.4 Å². The van der Waals surface area contributed by atoms with Gasteiger partial charge in [-0.2, -0.15) is 4.31 Å². The highest BCUT2D eigenvalue weighted by Gasteiger charge is 2.27. The molecule has 8 heteroatoms. The molecule has 2 aromatic rings. The average molecular weight is 401 g/mol. The summed E-state index contributed by atoms with van der Waals surface area (Å²) < 4.78 is 26.5. The van der Waals surface area contributed by atoms with Gasteiger partial charge in [0.25, 0.3) is 0 Å². The molecule has 3 rings (SSSR count). The van der Waals surface area contributed by atoms with Gasteiger partial charge in [0.2, 0.25) is 15.9 Å². The molecule has 1 N–H and O–H groups in total. The lowest BCUT2D eigenvalue weighted by molar-refractivity contribution is -0.116. The normalized spacial score (nSPS) is 15.6. The van der Waals surface area contributed by atoms with Crippen molar-refractivity contribution in [1.82, 2.24) is 14.6 Å². The van der Waals surface area contributed by atoms with Crippen LogP contribution in [0.4, 0.5) is 5.82 Å². The summed E-state index contributed by atoms with van der Waals surface area (Å²) in [7, 11) is -3.40. The number of rotatable bonds is 7. The van der Waals surface area contributed by atoms with Gasteiger partial charge in [0.1, 0.15) is 5.82 Å². The first-order valence-electron chi connectivity index (χ1n) is 9.19. The fourth-order valence-electron chi connectivity index (χ4n) is 2.96. The quantitative estimate of drug-likeness (QED) is 0.710.